The summed E-state index contributed by atoms with van der Waals surface area (Å²) in [6, 6.07) is 22.3. The second kappa shape index (κ2) is 11.4. The summed E-state index contributed by atoms with van der Waals surface area (Å²) in [6.45, 7) is 4.15. The topological polar surface area (TPSA) is 83.4 Å². The van der Waals surface area contributed by atoms with E-state index in [0.717, 1.165) is 24.0 Å². The number of rotatable bonds is 10. The van der Waals surface area contributed by atoms with Gasteiger partial charge < -0.3 is 20.3 Å². The Kier molecular flexibility index (Phi) is 8.36. The molecule has 0 radical (unpaired) electrons. The zero-order valence-electron chi connectivity index (χ0n) is 18.6. The number of carbonyl (C=O) groups is 1. The van der Waals surface area contributed by atoms with Crippen LogP contribution in [0.1, 0.15) is 37.5 Å². The van der Waals surface area contributed by atoms with Crippen LogP contribution in [0.2, 0.25) is 0 Å². The van der Waals surface area contributed by atoms with Crippen molar-refractivity contribution in [2.45, 2.75) is 51.4 Å². The zero-order valence-corrected chi connectivity index (χ0v) is 18.6. The first-order chi connectivity index (χ1) is 15.5. The summed E-state index contributed by atoms with van der Waals surface area (Å²) >= 11 is 0. The second-order valence-corrected chi connectivity index (χ2v) is 8.05. The number of nitrogens with zero attached hydrogens (tertiary/aromatic N) is 1. The maximum atomic E-state index is 12.2. The Labute approximate surface area is 188 Å². The number of aliphatic hydroxyl groups excluding tert-OH is 1. The minimum atomic E-state index is -0.557. The van der Waals surface area contributed by atoms with E-state index in [1.807, 2.05) is 54.6 Å². The van der Waals surface area contributed by atoms with Crippen molar-refractivity contribution in [2.24, 2.45) is 0 Å². The van der Waals surface area contributed by atoms with E-state index >= 15 is 0 Å². The summed E-state index contributed by atoms with van der Waals surface area (Å²) in [5, 5.41) is 17.1. The lowest BCUT2D eigenvalue weighted by Gasteiger charge is -2.27. The van der Waals surface area contributed by atoms with Gasteiger partial charge in [-0.3, -0.25) is 9.59 Å². The molecule has 0 saturated heterocycles. The molecule has 0 saturated carbocycles. The highest BCUT2D eigenvalue weighted by atomic mass is 16.3. The van der Waals surface area contributed by atoms with Crippen molar-refractivity contribution in [3.63, 3.8) is 0 Å². The van der Waals surface area contributed by atoms with E-state index in [0.29, 0.717) is 5.69 Å². The second-order valence-electron chi connectivity index (χ2n) is 8.05. The van der Waals surface area contributed by atoms with E-state index < -0.39 is 6.10 Å². The molecule has 3 aromatic rings. The maximum absolute atomic E-state index is 12.2. The van der Waals surface area contributed by atoms with Crippen LogP contribution in [0.25, 0.3) is 0 Å². The normalized spacial score (nSPS) is 13.8. The molecule has 6 nitrogen and oxygen atoms in total. The van der Waals surface area contributed by atoms with Gasteiger partial charge in [-0.25, -0.2) is 0 Å². The molecule has 1 aromatic heterocycles. The first kappa shape index (κ1) is 23.4. The Morgan fingerprint density at radius 2 is 1.69 bits per heavy atom. The third kappa shape index (κ3) is 6.64. The number of anilines is 1. The molecule has 168 valence electrons. The number of nitrogens with one attached hydrogen (secondary N) is 2. The van der Waals surface area contributed by atoms with Crippen molar-refractivity contribution in [1.82, 2.24) is 9.88 Å². The summed E-state index contributed by atoms with van der Waals surface area (Å²) in [5.41, 5.74) is 2.53. The molecule has 0 spiro atoms. The van der Waals surface area contributed by atoms with Crippen LogP contribution >= 0.6 is 0 Å². The third-order valence-corrected chi connectivity index (χ3v) is 5.45. The Morgan fingerprint density at radius 3 is 2.34 bits per heavy atom. The van der Waals surface area contributed by atoms with E-state index in [1.54, 1.807) is 18.3 Å². The van der Waals surface area contributed by atoms with Crippen LogP contribution in [0.15, 0.2) is 83.8 Å². The van der Waals surface area contributed by atoms with Gasteiger partial charge in [-0.1, -0.05) is 55.5 Å². The number of aromatic nitrogens is 1. The lowest BCUT2D eigenvalue weighted by Crippen LogP contribution is -2.41. The standard InChI is InChI=1S/C26H31N3O3/c1-3-23(26(32)21-9-5-4-6-10-21)27-19(2)17-20-12-14-22(15-13-20)28-24(30)18-29-16-8-7-11-25(29)31/h4-16,19,23,26-27,32H,3,17-18H2,1-2H3,(H,28,30)/t19-,23+,26+/m0/s1. The molecule has 1 amide bonds. The van der Waals surface area contributed by atoms with Gasteiger partial charge in [-0.05, 0) is 49.1 Å². The van der Waals surface area contributed by atoms with E-state index in [2.05, 4.69) is 24.5 Å². The third-order valence-electron chi connectivity index (χ3n) is 5.45. The smallest absolute Gasteiger partial charge is 0.250 e. The van der Waals surface area contributed by atoms with Crippen molar-refractivity contribution in [3.05, 3.63) is 100 Å². The lowest BCUT2D eigenvalue weighted by molar-refractivity contribution is -0.116. The number of hydrogen-bond donors (Lipinski definition) is 3. The molecule has 0 bridgehead atoms. The van der Waals surface area contributed by atoms with Crippen LogP contribution < -0.4 is 16.2 Å². The fourth-order valence-corrected chi connectivity index (χ4v) is 3.76. The predicted octanol–water partition coefficient (Wildman–Crippen LogP) is 3.52. The zero-order chi connectivity index (χ0) is 22.9. The van der Waals surface area contributed by atoms with Gasteiger partial charge in [0.2, 0.25) is 5.91 Å². The van der Waals surface area contributed by atoms with Crippen molar-refractivity contribution in [1.29, 1.82) is 0 Å². The Morgan fingerprint density at radius 1 is 1.00 bits per heavy atom. The van der Waals surface area contributed by atoms with Gasteiger partial charge >= 0.3 is 0 Å². The molecule has 3 rings (SSSR count). The first-order valence-corrected chi connectivity index (χ1v) is 11.0. The molecule has 3 N–H and O–H groups in total. The average molecular weight is 434 g/mol. The fraction of sp³-hybridized carbons (Fsp3) is 0.308. The van der Waals surface area contributed by atoms with Crippen molar-refractivity contribution in [3.8, 4) is 0 Å². The number of aliphatic hydroxyl groups is 1. The Hall–Kier alpha value is -3.22. The van der Waals surface area contributed by atoms with E-state index in [-0.39, 0.29) is 30.1 Å². The van der Waals surface area contributed by atoms with Crippen LogP contribution in [0.5, 0.6) is 0 Å². The van der Waals surface area contributed by atoms with Gasteiger partial charge in [0.15, 0.2) is 0 Å². The first-order valence-electron chi connectivity index (χ1n) is 11.0. The van der Waals surface area contributed by atoms with Crippen LogP contribution in [0.4, 0.5) is 5.69 Å². The number of hydrogen-bond acceptors (Lipinski definition) is 4. The molecular formula is C26H31N3O3. The summed E-state index contributed by atoms with van der Waals surface area (Å²) in [4.78, 5) is 24.0. The molecule has 3 atom stereocenters. The Balaban J connectivity index is 1.52. The highest BCUT2D eigenvalue weighted by molar-refractivity contribution is 5.90. The van der Waals surface area contributed by atoms with Gasteiger partial charge in [-0.2, -0.15) is 0 Å². The van der Waals surface area contributed by atoms with Crippen LogP contribution in [-0.2, 0) is 17.8 Å². The van der Waals surface area contributed by atoms with E-state index in [1.165, 1.54) is 10.6 Å². The fourth-order valence-electron chi connectivity index (χ4n) is 3.76. The Bertz CT molecular complexity index is 1050. The van der Waals surface area contributed by atoms with Gasteiger partial charge in [0, 0.05) is 30.0 Å². The minimum Gasteiger partial charge on any atom is -0.387 e. The number of amides is 1. The predicted molar refractivity (Wildman–Crippen MR) is 128 cm³/mol. The van der Waals surface area contributed by atoms with E-state index in [4.69, 9.17) is 0 Å². The largest absolute Gasteiger partial charge is 0.387 e. The number of benzene rings is 2. The molecule has 32 heavy (non-hydrogen) atoms. The molecule has 0 aliphatic rings. The molecule has 0 aliphatic carbocycles. The highest BCUT2D eigenvalue weighted by Gasteiger charge is 2.20. The molecule has 0 aliphatic heterocycles. The molecule has 0 unspecified atom stereocenters. The van der Waals surface area contributed by atoms with Crippen LogP contribution in [0.3, 0.4) is 0 Å². The van der Waals surface area contributed by atoms with Crippen LogP contribution in [-0.4, -0.2) is 27.7 Å². The highest BCUT2D eigenvalue weighted by Crippen LogP contribution is 2.20. The number of carbonyl (C=O) groups excluding carboxylic acids is 1. The van der Waals surface area contributed by atoms with Crippen molar-refractivity contribution >= 4 is 11.6 Å². The van der Waals surface area contributed by atoms with Gasteiger partial charge in [0.1, 0.15) is 6.54 Å². The van der Waals surface area contributed by atoms with Gasteiger partial charge in [0.25, 0.3) is 5.56 Å². The molecular weight excluding hydrogens is 402 g/mol. The van der Waals surface area contributed by atoms with Crippen LogP contribution in [0, 0.1) is 0 Å². The lowest BCUT2D eigenvalue weighted by atomic mass is 9.98. The van der Waals surface area contributed by atoms with Crippen molar-refractivity contribution < 1.29 is 9.90 Å². The summed E-state index contributed by atoms with van der Waals surface area (Å²) in [5.74, 6) is -0.248. The molecule has 2 aromatic carbocycles. The quantitative estimate of drug-likeness (QED) is 0.457. The summed E-state index contributed by atoms with van der Waals surface area (Å²) in [6.07, 6.45) is 2.65. The van der Waals surface area contributed by atoms with Gasteiger partial charge in [0.05, 0.1) is 6.10 Å². The molecule has 0 fully saturated rings. The van der Waals surface area contributed by atoms with E-state index in [9.17, 15) is 14.7 Å². The summed E-state index contributed by atoms with van der Waals surface area (Å²) in [7, 11) is 0. The summed E-state index contributed by atoms with van der Waals surface area (Å²) < 4.78 is 1.37. The minimum absolute atomic E-state index is 0.0233. The van der Waals surface area contributed by atoms with Gasteiger partial charge in [-0.15, -0.1) is 0 Å². The maximum Gasteiger partial charge on any atom is 0.250 e. The SMILES string of the molecule is CC[C@@H](N[C@@H](C)Cc1ccc(NC(=O)Cn2ccccc2=O)cc1)[C@H](O)c1ccccc1. The number of pyridine rings is 1. The average Bonchev–Trinajstić information content (AvgIpc) is 2.80. The van der Waals surface area contributed by atoms with Crippen molar-refractivity contribution in [2.75, 3.05) is 5.32 Å². The molecule has 1 heterocycles. The monoisotopic (exact) mass is 433 g/mol. The molecule has 6 heteroatoms.